The van der Waals surface area contributed by atoms with E-state index in [2.05, 4.69) is 4.98 Å². The summed E-state index contributed by atoms with van der Waals surface area (Å²) in [6, 6.07) is 9.13. The lowest BCUT2D eigenvalue weighted by Crippen LogP contribution is -2.01. The van der Waals surface area contributed by atoms with Crippen LogP contribution in [0.5, 0.6) is 0 Å². The lowest BCUT2D eigenvalue weighted by Gasteiger charge is -2.04. The van der Waals surface area contributed by atoms with Crippen LogP contribution in [0.15, 0.2) is 36.4 Å². The fraction of sp³-hybridized carbons (Fsp3) is 0.0769. The Balaban J connectivity index is 2.51. The number of hydrogen-bond acceptors (Lipinski definition) is 2. The van der Waals surface area contributed by atoms with E-state index >= 15 is 0 Å². The summed E-state index contributed by atoms with van der Waals surface area (Å²) < 4.78 is 12.8. The highest BCUT2D eigenvalue weighted by molar-refractivity contribution is 5.87. The van der Waals surface area contributed by atoms with Gasteiger partial charge in [-0.15, -0.1) is 0 Å². The number of aromatic nitrogens is 1. The van der Waals surface area contributed by atoms with Gasteiger partial charge in [-0.05, 0) is 42.3 Å². The van der Waals surface area contributed by atoms with Gasteiger partial charge in [0.25, 0.3) is 0 Å². The smallest absolute Gasteiger partial charge is 0.354 e. The van der Waals surface area contributed by atoms with E-state index in [1.807, 2.05) is 0 Å². The summed E-state index contributed by atoms with van der Waals surface area (Å²) in [5.74, 6) is -1.39. The van der Waals surface area contributed by atoms with Gasteiger partial charge in [0.1, 0.15) is 11.5 Å². The fourth-order valence-corrected chi connectivity index (χ4v) is 1.59. The first-order chi connectivity index (χ1) is 8.06. The molecule has 0 atom stereocenters. The molecule has 0 radical (unpaired) electrons. The van der Waals surface area contributed by atoms with Crippen LogP contribution in [0.1, 0.15) is 16.2 Å². The molecule has 86 valence electrons. The summed E-state index contributed by atoms with van der Waals surface area (Å²) in [5, 5.41) is 8.90. The van der Waals surface area contributed by atoms with Gasteiger partial charge in [-0.1, -0.05) is 12.1 Å². The zero-order valence-corrected chi connectivity index (χ0v) is 9.14. The number of hydrogen-bond donors (Lipinski definition) is 1. The number of halogens is 1. The van der Waals surface area contributed by atoms with E-state index in [-0.39, 0.29) is 11.5 Å². The van der Waals surface area contributed by atoms with Gasteiger partial charge < -0.3 is 5.11 Å². The van der Waals surface area contributed by atoms with Gasteiger partial charge in [0.2, 0.25) is 0 Å². The van der Waals surface area contributed by atoms with Crippen molar-refractivity contribution >= 4 is 5.97 Å². The Bertz CT molecular complexity index is 564. The molecule has 0 saturated carbocycles. The fourth-order valence-electron chi connectivity index (χ4n) is 1.59. The first-order valence-electron chi connectivity index (χ1n) is 5.04. The van der Waals surface area contributed by atoms with Gasteiger partial charge in [0.05, 0.1) is 0 Å². The largest absolute Gasteiger partial charge is 0.477 e. The molecule has 17 heavy (non-hydrogen) atoms. The third kappa shape index (κ3) is 2.47. The monoisotopic (exact) mass is 231 g/mol. The normalized spacial score (nSPS) is 10.2. The number of rotatable bonds is 2. The molecule has 1 aromatic carbocycles. The van der Waals surface area contributed by atoms with E-state index in [1.165, 1.54) is 18.2 Å². The van der Waals surface area contributed by atoms with Crippen molar-refractivity contribution < 1.29 is 14.3 Å². The average Bonchev–Trinajstić information content (AvgIpc) is 2.29. The van der Waals surface area contributed by atoms with Crippen LogP contribution in [0.2, 0.25) is 0 Å². The number of aryl methyl sites for hydroxylation is 1. The Morgan fingerprint density at radius 2 is 1.82 bits per heavy atom. The summed E-state index contributed by atoms with van der Waals surface area (Å²) in [5.41, 5.74) is 2.09. The summed E-state index contributed by atoms with van der Waals surface area (Å²) >= 11 is 0. The molecule has 2 rings (SSSR count). The molecular weight excluding hydrogens is 221 g/mol. The number of pyridine rings is 1. The Morgan fingerprint density at radius 1 is 1.18 bits per heavy atom. The zero-order valence-electron chi connectivity index (χ0n) is 9.14. The molecule has 0 aliphatic carbocycles. The van der Waals surface area contributed by atoms with Gasteiger partial charge in [0.15, 0.2) is 0 Å². The molecule has 1 heterocycles. The van der Waals surface area contributed by atoms with E-state index in [9.17, 15) is 9.18 Å². The third-order valence-electron chi connectivity index (χ3n) is 2.35. The SMILES string of the molecule is Cc1cc(-c2ccc(F)cc2)cc(C(=O)O)n1. The molecule has 0 bridgehead atoms. The van der Waals surface area contributed by atoms with Gasteiger partial charge in [-0.2, -0.15) is 0 Å². The molecule has 0 amide bonds. The van der Waals surface area contributed by atoms with Crippen molar-refractivity contribution in [2.45, 2.75) is 6.92 Å². The van der Waals surface area contributed by atoms with E-state index in [0.717, 1.165) is 11.1 Å². The molecule has 0 spiro atoms. The molecule has 2 aromatic rings. The van der Waals surface area contributed by atoms with Crippen molar-refractivity contribution in [1.82, 2.24) is 4.98 Å². The molecule has 0 fully saturated rings. The molecule has 0 unspecified atom stereocenters. The zero-order chi connectivity index (χ0) is 12.4. The van der Waals surface area contributed by atoms with Crippen LogP contribution >= 0.6 is 0 Å². The maximum Gasteiger partial charge on any atom is 0.354 e. The van der Waals surface area contributed by atoms with Gasteiger partial charge in [-0.3, -0.25) is 0 Å². The highest BCUT2D eigenvalue weighted by Gasteiger charge is 2.08. The molecule has 0 aliphatic heterocycles. The minimum absolute atomic E-state index is 0.00988. The lowest BCUT2D eigenvalue weighted by atomic mass is 10.0. The highest BCUT2D eigenvalue weighted by Crippen LogP contribution is 2.21. The van der Waals surface area contributed by atoms with Crippen LogP contribution in [0, 0.1) is 12.7 Å². The molecule has 1 aromatic heterocycles. The number of carboxylic acid groups (broad SMARTS) is 1. The molecule has 4 heteroatoms. The van der Waals surface area contributed by atoms with Crippen LogP contribution in [0.3, 0.4) is 0 Å². The minimum Gasteiger partial charge on any atom is -0.477 e. The summed E-state index contributed by atoms with van der Waals surface area (Å²) in [6.45, 7) is 1.72. The van der Waals surface area contributed by atoms with Gasteiger partial charge in [0, 0.05) is 5.69 Å². The Labute approximate surface area is 97.6 Å². The van der Waals surface area contributed by atoms with Crippen LogP contribution in [0.4, 0.5) is 4.39 Å². The standard InChI is InChI=1S/C13H10FNO2/c1-8-6-10(7-12(15-8)13(16)17)9-2-4-11(14)5-3-9/h2-7H,1H3,(H,16,17). The number of carbonyl (C=O) groups is 1. The average molecular weight is 231 g/mol. The first-order valence-corrected chi connectivity index (χ1v) is 5.04. The second kappa shape index (κ2) is 4.33. The molecule has 1 N–H and O–H groups in total. The number of benzene rings is 1. The molecule has 3 nitrogen and oxygen atoms in total. The predicted molar refractivity (Wildman–Crippen MR) is 61.3 cm³/mol. The van der Waals surface area contributed by atoms with Crippen LogP contribution < -0.4 is 0 Å². The lowest BCUT2D eigenvalue weighted by molar-refractivity contribution is 0.0690. The summed E-state index contributed by atoms with van der Waals surface area (Å²) in [4.78, 5) is 14.8. The van der Waals surface area contributed by atoms with Crippen LogP contribution in [-0.2, 0) is 0 Å². The van der Waals surface area contributed by atoms with E-state index in [1.54, 1.807) is 25.1 Å². The quantitative estimate of drug-likeness (QED) is 0.864. The van der Waals surface area contributed by atoms with Gasteiger partial charge in [-0.25, -0.2) is 14.2 Å². The maximum atomic E-state index is 12.8. The van der Waals surface area contributed by atoms with Gasteiger partial charge >= 0.3 is 5.97 Å². The van der Waals surface area contributed by atoms with Crippen molar-refractivity contribution in [3.8, 4) is 11.1 Å². The number of aromatic carboxylic acids is 1. The maximum absolute atomic E-state index is 12.8. The Kier molecular flexibility index (Phi) is 2.87. The second-order valence-corrected chi connectivity index (χ2v) is 3.69. The van der Waals surface area contributed by atoms with E-state index < -0.39 is 5.97 Å². The van der Waals surface area contributed by atoms with Crippen molar-refractivity contribution in [1.29, 1.82) is 0 Å². The van der Waals surface area contributed by atoms with Crippen molar-refractivity contribution in [3.05, 3.63) is 53.6 Å². The summed E-state index contributed by atoms with van der Waals surface area (Å²) in [6.07, 6.45) is 0. The van der Waals surface area contributed by atoms with Crippen molar-refractivity contribution in [3.63, 3.8) is 0 Å². The van der Waals surface area contributed by atoms with Crippen molar-refractivity contribution in [2.24, 2.45) is 0 Å². The Morgan fingerprint density at radius 3 is 2.41 bits per heavy atom. The number of carboxylic acids is 1. The molecule has 0 aliphatic rings. The van der Waals surface area contributed by atoms with E-state index in [0.29, 0.717) is 5.69 Å². The Hall–Kier alpha value is -2.23. The molecular formula is C13H10FNO2. The summed E-state index contributed by atoms with van der Waals surface area (Å²) in [7, 11) is 0. The van der Waals surface area contributed by atoms with Crippen molar-refractivity contribution in [2.75, 3.05) is 0 Å². The van der Waals surface area contributed by atoms with Crippen LogP contribution in [0.25, 0.3) is 11.1 Å². The highest BCUT2D eigenvalue weighted by atomic mass is 19.1. The topological polar surface area (TPSA) is 50.2 Å². The van der Waals surface area contributed by atoms with Crippen LogP contribution in [-0.4, -0.2) is 16.1 Å². The first kappa shape index (κ1) is 11.3. The third-order valence-corrected chi connectivity index (χ3v) is 2.35. The number of nitrogens with zero attached hydrogens (tertiary/aromatic N) is 1. The predicted octanol–water partition coefficient (Wildman–Crippen LogP) is 2.89. The second-order valence-electron chi connectivity index (χ2n) is 3.69. The minimum atomic E-state index is -1.07. The van der Waals surface area contributed by atoms with E-state index in [4.69, 9.17) is 5.11 Å². The molecule has 0 saturated heterocycles.